The summed E-state index contributed by atoms with van der Waals surface area (Å²) in [4.78, 5) is 7.44. The lowest BCUT2D eigenvalue weighted by Gasteiger charge is -2.08. The summed E-state index contributed by atoms with van der Waals surface area (Å²) in [5.74, 6) is 0.243. The second-order valence-electron chi connectivity index (χ2n) is 3.68. The average Bonchev–Trinajstić information content (AvgIpc) is 2.74. The highest BCUT2D eigenvalue weighted by molar-refractivity contribution is 4.95. The molecule has 0 spiro atoms. The van der Waals surface area contributed by atoms with Gasteiger partial charge in [0.2, 0.25) is 0 Å². The van der Waals surface area contributed by atoms with Crippen molar-refractivity contribution in [3.8, 4) is 6.01 Å². The van der Waals surface area contributed by atoms with Crippen molar-refractivity contribution in [2.45, 2.75) is 12.8 Å². The second kappa shape index (κ2) is 5.02. The van der Waals surface area contributed by atoms with Gasteiger partial charge in [0.15, 0.2) is 5.82 Å². The fraction of sp³-hybridized carbons (Fsp3) is 0.600. The molecule has 0 aromatic carbocycles. The minimum Gasteiger partial charge on any atom is -0.463 e. The summed E-state index contributed by atoms with van der Waals surface area (Å²) in [7, 11) is 0. The van der Waals surface area contributed by atoms with Gasteiger partial charge in [0.05, 0.1) is 19.0 Å². The van der Waals surface area contributed by atoms with Crippen molar-refractivity contribution in [3.63, 3.8) is 0 Å². The normalized spacial score (nSPS) is 20.5. The third-order valence-electron chi connectivity index (χ3n) is 2.52. The van der Waals surface area contributed by atoms with Crippen LogP contribution in [0, 0.1) is 11.7 Å². The predicted molar refractivity (Wildman–Crippen MR) is 53.1 cm³/mol. The van der Waals surface area contributed by atoms with Crippen LogP contribution >= 0.6 is 0 Å². The van der Waals surface area contributed by atoms with Crippen LogP contribution in [0.25, 0.3) is 0 Å². The van der Waals surface area contributed by atoms with Gasteiger partial charge in [0.25, 0.3) is 0 Å². The fourth-order valence-corrected chi connectivity index (χ4v) is 1.65. The Labute approximate surface area is 87.9 Å². The van der Waals surface area contributed by atoms with Gasteiger partial charge in [-0.1, -0.05) is 0 Å². The highest BCUT2D eigenvalue weighted by Crippen LogP contribution is 2.12. The van der Waals surface area contributed by atoms with Crippen molar-refractivity contribution >= 4 is 0 Å². The van der Waals surface area contributed by atoms with Gasteiger partial charge in [-0.05, 0) is 31.8 Å². The standard InChI is InChI=1S/C10H14FN3O/c11-9-6-13-10(14-7-9)15-4-2-8-1-3-12-5-8/h6-8,12H,1-5H2. The Kier molecular flexibility index (Phi) is 3.45. The van der Waals surface area contributed by atoms with Gasteiger partial charge in [0, 0.05) is 0 Å². The van der Waals surface area contributed by atoms with Gasteiger partial charge in [0.1, 0.15) is 0 Å². The van der Waals surface area contributed by atoms with Crippen molar-refractivity contribution < 1.29 is 9.13 Å². The minimum absolute atomic E-state index is 0.252. The number of aromatic nitrogens is 2. The van der Waals surface area contributed by atoms with Crippen LogP contribution in [0.4, 0.5) is 4.39 Å². The number of nitrogens with zero attached hydrogens (tertiary/aromatic N) is 2. The number of hydrogen-bond donors (Lipinski definition) is 1. The summed E-state index contributed by atoms with van der Waals surface area (Å²) in [5.41, 5.74) is 0. The van der Waals surface area contributed by atoms with Crippen LogP contribution in [0.1, 0.15) is 12.8 Å². The summed E-state index contributed by atoms with van der Waals surface area (Å²) < 4.78 is 17.8. The van der Waals surface area contributed by atoms with Crippen LogP contribution in [0.2, 0.25) is 0 Å². The van der Waals surface area contributed by atoms with Crippen LogP contribution in [0.3, 0.4) is 0 Å². The highest BCUT2D eigenvalue weighted by Gasteiger charge is 2.14. The summed E-state index contributed by atoms with van der Waals surface area (Å²) in [5, 5.41) is 3.29. The Bertz CT molecular complexity index is 298. The first-order valence-corrected chi connectivity index (χ1v) is 5.15. The first-order chi connectivity index (χ1) is 7.34. The van der Waals surface area contributed by atoms with Crippen LogP contribution in [-0.2, 0) is 0 Å². The van der Waals surface area contributed by atoms with E-state index in [2.05, 4.69) is 15.3 Å². The summed E-state index contributed by atoms with van der Waals surface area (Å²) in [6.07, 6.45) is 4.42. The molecular weight excluding hydrogens is 197 g/mol. The molecule has 1 aromatic rings. The predicted octanol–water partition coefficient (Wildman–Crippen LogP) is 0.994. The van der Waals surface area contributed by atoms with Gasteiger partial charge >= 0.3 is 6.01 Å². The van der Waals surface area contributed by atoms with Gasteiger partial charge < -0.3 is 10.1 Å². The topological polar surface area (TPSA) is 47.0 Å². The minimum atomic E-state index is -0.442. The van der Waals surface area contributed by atoms with Gasteiger partial charge in [-0.25, -0.2) is 14.4 Å². The van der Waals surface area contributed by atoms with E-state index in [4.69, 9.17) is 4.74 Å². The number of rotatable bonds is 4. The molecule has 1 saturated heterocycles. The van der Waals surface area contributed by atoms with Crippen molar-refractivity contribution in [3.05, 3.63) is 18.2 Å². The van der Waals surface area contributed by atoms with Crippen LogP contribution in [0.5, 0.6) is 6.01 Å². The molecule has 1 unspecified atom stereocenters. The molecule has 1 atom stereocenters. The molecule has 1 fully saturated rings. The molecule has 2 rings (SSSR count). The SMILES string of the molecule is Fc1cnc(OCCC2CCNC2)nc1. The molecule has 0 aliphatic carbocycles. The summed E-state index contributed by atoms with van der Waals surface area (Å²) >= 11 is 0. The molecule has 0 bridgehead atoms. The lowest BCUT2D eigenvalue weighted by Crippen LogP contribution is -2.12. The number of nitrogens with one attached hydrogen (secondary N) is 1. The van der Waals surface area contributed by atoms with E-state index in [1.54, 1.807) is 0 Å². The van der Waals surface area contributed by atoms with E-state index in [1.807, 2.05) is 0 Å². The smallest absolute Gasteiger partial charge is 0.316 e. The van der Waals surface area contributed by atoms with E-state index in [9.17, 15) is 4.39 Å². The maximum Gasteiger partial charge on any atom is 0.316 e. The van der Waals surface area contributed by atoms with Crippen LogP contribution in [0.15, 0.2) is 12.4 Å². The first-order valence-electron chi connectivity index (χ1n) is 5.15. The molecule has 15 heavy (non-hydrogen) atoms. The van der Waals surface area contributed by atoms with E-state index in [-0.39, 0.29) is 6.01 Å². The van der Waals surface area contributed by atoms with Crippen molar-refractivity contribution in [2.24, 2.45) is 5.92 Å². The Hall–Kier alpha value is -1.23. The summed E-state index contributed by atoms with van der Waals surface area (Å²) in [6, 6.07) is 0.252. The largest absolute Gasteiger partial charge is 0.463 e. The zero-order valence-corrected chi connectivity index (χ0v) is 8.45. The maximum absolute atomic E-state index is 12.5. The van der Waals surface area contributed by atoms with Gasteiger partial charge in [-0.15, -0.1) is 0 Å². The summed E-state index contributed by atoms with van der Waals surface area (Å²) in [6.45, 7) is 2.75. The van der Waals surface area contributed by atoms with Crippen molar-refractivity contribution in [2.75, 3.05) is 19.7 Å². The van der Waals surface area contributed by atoms with E-state index in [0.29, 0.717) is 12.5 Å². The lowest BCUT2D eigenvalue weighted by molar-refractivity contribution is 0.262. The van der Waals surface area contributed by atoms with E-state index in [1.165, 1.54) is 6.42 Å². The molecule has 1 aliphatic heterocycles. The fourth-order valence-electron chi connectivity index (χ4n) is 1.65. The Morgan fingerprint density at radius 1 is 1.47 bits per heavy atom. The monoisotopic (exact) mass is 211 g/mol. The molecule has 2 heterocycles. The van der Waals surface area contributed by atoms with Crippen molar-refractivity contribution in [1.82, 2.24) is 15.3 Å². The molecule has 0 radical (unpaired) electrons. The zero-order chi connectivity index (χ0) is 10.5. The molecule has 1 aliphatic rings. The highest BCUT2D eigenvalue weighted by atomic mass is 19.1. The zero-order valence-electron chi connectivity index (χ0n) is 8.45. The molecule has 1 N–H and O–H groups in total. The van der Waals surface area contributed by atoms with E-state index < -0.39 is 5.82 Å². The molecule has 82 valence electrons. The second-order valence-corrected chi connectivity index (χ2v) is 3.68. The van der Waals surface area contributed by atoms with Crippen LogP contribution < -0.4 is 10.1 Å². The maximum atomic E-state index is 12.5. The Balaban J connectivity index is 1.71. The van der Waals surface area contributed by atoms with Gasteiger partial charge in [-0.3, -0.25) is 0 Å². The van der Waals surface area contributed by atoms with E-state index in [0.717, 1.165) is 31.9 Å². The first kappa shape index (κ1) is 10.3. The quantitative estimate of drug-likeness (QED) is 0.807. The number of hydrogen-bond acceptors (Lipinski definition) is 4. The third-order valence-corrected chi connectivity index (χ3v) is 2.52. The lowest BCUT2D eigenvalue weighted by atomic mass is 10.1. The molecule has 1 aromatic heterocycles. The molecule has 0 amide bonds. The molecule has 4 nitrogen and oxygen atoms in total. The van der Waals surface area contributed by atoms with Gasteiger partial charge in [-0.2, -0.15) is 0 Å². The molecule has 5 heteroatoms. The Morgan fingerprint density at radius 2 is 2.27 bits per heavy atom. The van der Waals surface area contributed by atoms with Crippen molar-refractivity contribution in [1.29, 1.82) is 0 Å². The van der Waals surface area contributed by atoms with Crippen LogP contribution in [-0.4, -0.2) is 29.7 Å². The average molecular weight is 211 g/mol. The van der Waals surface area contributed by atoms with E-state index >= 15 is 0 Å². The Morgan fingerprint density at radius 3 is 2.93 bits per heavy atom. The molecule has 0 saturated carbocycles. The number of ether oxygens (including phenoxy) is 1. The third kappa shape index (κ3) is 3.13. The number of halogens is 1. The molecular formula is C10H14FN3O.